The van der Waals surface area contributed by atoms with Crippen LogP contribution in [0.15, 0.2) is 97.2 Å². The number of pyridine rings is 1. The van der Waals surface area contributed by atoms with E-state index < -0.39 is 10.9 Å². The van der Waals surface area contributed by atoms with Gasteiger partial charge in [-0.2, -0.15) is 0 Å². The molecule has 0 aliphatic rings. The molecule has 8 heteroatoms. The second-order valence-corrected chi connectivity index (χ2v) is 9.35. The van der Waals surface area contributed by atoms with E-state index in [-0.39, 0.29) is 18.1 Å². The molecular weight excluding hydrogens is 516 g/mol. The third-order valence-electron chi connectivity index (χ3n) is 6.42. The normalized spacial score (nSPS) is 10.9. The molecule has 0 radical (unpaired) electrons. The number of nitrogens with zero attached hydrogens (tertiary/aromatic N) is 2. The fourth-order valence-corrected chi connectivity index (χ4v) is 4.76. The van der Waals surface area contributed by atoms with Crippen LogP contribution in [-0.4, -0.2) is 27.7 Å². The number of aromatic nitrogens is 1. The van der Waals surface area contributed by atoms with Gasteiger partial charge in [-0.15, -0.1) is 0 Å². The molecule has 0 unspecified atom stereocenters. The molecular formula is C31H23ClN2O5. The van der Waals surface area contributed by atoms with E-state index in [0.29, 0.717) is 44.9 Å². The highest BCUT2D eigenvalue weighted by Crippen LogP contribution is 2.36. The minimum absolute atomic E-state index is 0.0169. The first-order valence-corrected chi connectivity index (χ1v) is 12.7. The summed E-state index contributed by atoms with van der Waals surface area (Å²) in [7, 11) is 0. The summed E-state index contributed by atoms with van der Waals surface area (Å²) in [6.07, 6.45) is 2.25. The first-order chi connectivity index (χ1) is 18.9. The second-order valence-electron chi connectivity index (χ2n) is 8.91. The number of non-ortho nitro benzene ring substituents is 1. The largest absolute Gasteiger partial charge is 0.462 e. The smallest absolute Gasteiger partial charge is 0.340 e. The molecule has 0 atom stereocenters. The molecule has 0 saturated carbocycles. The summed E-state index contributed by atoms with van der Waals surface area (Å²) in [5.74, 6) is -0.796. The molecule has 0 bridgehead atoms. The monoisotopic (exact) mass is 538 g/mol. The van der Waals surface area contributed by atoms with Crippen molar-refractivity contribution in [3.05, 3.63) is 140 Å². The Hall–Kier alpha value is -4.75. The van der Waals surface area contributed by atoms with Gasteiger partial charge < -0.3 is 9.14 Å². The lowest BCUT2D eigenvalue weighted by Crippen LogP contribution is -2.08. The molecule has 0 spiro atoms. The topological polar surface area (TPSA) is 90.9 Å². The number of esters is 1. The molecule has 39 heavy (non-hydrogen) atoms. The first-order valence-electron chi connectivity index (χ1n) is 12.3. The number of hydrogen-bond acceptors (Lipinski definition) is 5. The first kappa shape index (κ1) is 25.9. The number of nitro benzene ring substituents is 1. The maximum absolute atomic E-state index is 14.0. The predicted octanol–water partition coefficient (Wildman–Crippen LogP) is 7.17. The predicted molar refractivity (Wildman–Crippen MR) is 150 cm³/mol. The molecule has 0 aliphatic carbocycles. The quantitative estimate of drug-likeness (QED) is 0.0904. The van der Waals surface area contributed by atoms with Gasteiger partial charge in [-0.1, -0.05) is 54.1 Å². The van der Waals surface area contributed by atoms with E-state index in [9.17, 15) is 19.7 Å². The van der Waals surface area contributed by atoms with Crippen molar-refractivity contribution in [1.82, 2.24) is 4.40 Å². The number of ketones is 1. The van der Waals surface area contributed by atoms with Crippen molar-refractivity contribution in [1.29, 1.82) is 0 Å². The van der Waals surface area contributed by atoms with Crippen LogP contribution < -0.4 is 0 Å². The Morgan fingerprint density at radius 3 is 2.26 bits per heavy atom. The number of carbonyl (C=O) groups is 2. The van der Waals surface area contributed by atoms with Crippen LogP contribution in [0.4, 0.5) is 5.69 Å². The minimum Gasteiger partial charge on any atom is -0.462 e. The van der Waals surface area contributed by atoms with Gasteiger partial charge in [0.05, 0.1) is 22.6 Å². The maximum atomic E-state index is 14.0. The van der Waals surface area contributed by atoms with Gasteiger partial charge in [-0.3, -0.25) is 14.9 Å². The number of benzene rings is 3. The van der Waals surface area contributed by atoms with Crippen molar-refractivity contribution in [3.8, 4) is 11.1 Å². The number of ether oxygens (including phenoxy) is 1. The highest BCUT2D eigenvalue weighted by atomic mass is 35.5. The fraction of sp³-hybridized carbons (Fsp3) is 0.0968. The summed E-state index contributed by atoms with van der Waals surface area (Å²) in [6, 6.07) is 26.0. The third-order valence-corrected chi connectivity index (χ3v) is 6.67. The number of rotatable bonds is 8. The van der Waals surface area contributed by atoms with Crippen LogP contribution in [0.25, 0.3) is 16.6 Å². The number of fused-ring (bicyclic) bond motifs is 1. The Kier molecular flexibility index (Phi) is 7.25. The van der Waals surface area contributed by atoms with Gasteiger partial charge in [-0.25, -0.2) is 4.79 Å². The van der Waals surface area contributed by atoms with E-state index in [1.807, 2.05) is 42.5 Å². The summed E-state index contributed by atoms with van der Waals surface area (Å²) < 4.78 is 7.19. The van der Waals surface area contributed by atoms with E-state index in [1.165, 1.54) is 12.1 Å². The molecule has 2 aromatic heterocycles. The summed E-state index contributed by atoms with van der Waals surface area (Å²) in [6.45, 7) is 1.91. The Balaban J connectivity index is 1.72. The maximum Gasteiger partial charge on any atom is 0.340 e. The molecule has 0 amide bonds. The van der Waals surface area contributed by atoms with Gasteiger partial charge in [0.15, 0.2) is 0 Å². The van der Waals surface area contributed by atoms with Crippen LogP contribution in [0, 0.1) is 10.1 Å². The summed E-state index contributed by atoms with van der Waals surface area (Å²) in [4.78, 5) is 37.9. The average molecular weight is 539 g/mol. The minimum atomic E-state index is -0.531. The van der Waals surface area contributed by atoms with Gasteiger partial charge in [0.1, 0.15) is 5.69 Å². The van der Waals surface area contributed by atoms with Crippen LogP contribution in [-0.2, 0) is 11.2 Å². The summed E-state index contributed by atoms with van der Waals surface area (Å²) in [5.41, 5.74) is 4.54. The summed E-state index contributed by atoms with van der Waals surface area (Å²) in [5, 5.41) is 11.5. The lowest BCUT2D eigenvalue weighted by atomic mass is 9.96. The zero-order valence-electron chi connectivity index (χ0n) is 21.0. The molecule has 7 nitrogen and oxygen atoms in total. The molecule has 0 N–H and O–H groups in total. The average Bonchev–Trinajstić information content (AvgIpc) is 3.28. The highest BCUT2D eigenvalue weighted by Gasteiger charge is 2.29. The van der Waals surface area contributed by atoms with Crippen LogP contribution in [0.3, 0.4) is 0 Å². The number of hydrogen-bond donors (Lipinski definition) is 0. The summed E-state index contributed by atoms with van der Waals surface area (Å²) >= 11 is 6.06. The van der Waals surface area contributed by atoms with Crippen LogP contribution >= 0.6 is 11.6 Å². The third kappa shape index (κ3) is 5.17. The lowest BCUT2D eigenvalue weighted by molar-refractivity contribution is -0.384. The van der Waals surface area contributed by atoms with E-state index in [1.54, 1.807) is 53.9 Å². The van der Waals surface area contributed by atoms with Crippen molar-refractivity contribution < 1.29 is 19.2 Å². The highest BCUT2D eigenvalue weighted by molar-refractivity contribution is 6.30. The Bertz CT molecular complexity index is 1690. The zero-order valence-corrected chi connectivity index (χ0v) is 21.7. The van der Waals surface area contributed by atoms with Gasteiger partial charge in [0.25, 0.3) is 5.69 Å². The molecule has 0 aliphatic heterocycles. The number of carbonyl (C=O) groups excluding carboxylic acids is 2. The van der Waals surface area contributed by atoms with Crippen molar-refractivity contribution in [2.24, 2.45) is 0 Å². The molecule has 0 fully saturated rings. The van der Waals surface area contributed by atoms with Crippen LogP contribution in [0.5, 0.6) is 0 Å². The van der Waals surface area contributed by atoms with Gasteiger partial charge in [0, 0.05) is 34.5 Å². The van der Waals surface area contributed by atoms with Gasteiger partial charge in [-0.05, 0) is 66.4 Å². The van der Waals surface area contributed by atoms with Crippen LogP contribution in [0.1, 0.15) is 44.5 Å². The zero-order chi connectivity index (χ0) is 27.5. The lowest BCUT2D eigenvalue weighted by Gasteiger charge is -2.08. The van der Waals surface area contributed by atoms with Crippen molar-refractivity contribution in [2.75, 3.05) is 6.61 Å². The molecule has 3 aromatic carbocycles. The number of halogens is 1. The Labute approximate surface area is 229 Å². The van der Waals surface area contributed by atoms with E-state index in [4.69, 9.17) is 16.3 Å². The SMILES string of the molecule is CCOC(=O)c1c(-c2ccccc2)c(C(=O)c2ccc(Cl)cc2)n2ccc(Cc3ccc([N+](=O)[O-])cc3)cc12. The Morgan fingerprint density at radius 1 is 0.923 bits per heavy atom. The van der Waals surface area contributed by atoms with Crippen molar-refractivity contribution in [2.45, 2.75) is 13.3 Å². The van der Waals surface area contributed by atoms with Gasteiger partial charge in [0.2, 0.25) is 5.78 Å². The molecule has 0 saturated heterocycles. The van der Waals surface area contributed by atoms with E-state index in [2.05, 4.69) is 0 Å². The van der Waals surface area contributed by atoms with E-state index in [0.717, 1.165) is 11.1 Å². The van der Waals surface area contributed by atoms with Crippen molar-refractivity contribution in [3.63, 3.8) is 0 Å². The van der Waals surface area contributed by atoms with Gasteiger partial charge >= 0.3 is 5.97 Å². The molecule has 5 rings (SSSR count). The Morgan fingerprint density at radius 2 is 1.62 bits per heavy atom. The van der Waals surface area contributed by atoms with E-state index >= 15 is 0 Å². The standard InChI is InChI=1S/C31H23ClN2O5/c1-2-39-31(36)28-26-19-21(18-20-8-14-25(15-9-20)34(37)38)16-17-33(26)29(27(28)22-6-4-3-5-7-22)30(35)23-10-12-24(32)13-11-23/h3-17,19H,2,18H2,1H3. The second kappa shape index (κ2) is 10.9. The molecule has 194 valence electrons. The molecule has 2 heterocycles. The van der Waals surface area contributed by atoms with Crippen LogP contribution in [0.2, 0.25) is 5.02 Å². The van der Waals surface area contributed by atoms with Crippen molar-refractivity contribution >= 4 is 34.6 Å². The fourth-order valence-electron chi connectivity index (χ4n) is 4.64. The number of nitro groups is 1. The molecule has 5 aromatic rings.